The molecule has 0 aliphatic carbocycles. The average Bonchev–Trinajstić information content (AvgIpc) is 2.20. The lowest BCUT2D eigenvalue weighted by Crippen LogP contribution is -1.99. The Kier molecular flexibility index (Phi) is 3.85. The van der Waals surface area contributed by atoms with E-state index in [2.05, 4.69) is 4.98 Å². The van der Waals surface area contributed by atoms with Crippen LogP contribution in [-0.4, -0.2) is 22.7 Å². The molecule has 1 aromatic rings. The van der Waals surface area contributed by atoms with Crippen LogP contribution in [0.2, 0.25) is 0 Å². The maximum absolute atomic E-state index is 11.0. The zero-order chi connectivity index (χ0) is 11.3. The molecule has 0 saturated carbocycles. The second kappa shape index (κ2) is 5.14. The van der Waals surface area contributed by atoms with Gasteiger partial charge in [0, 0.05) is 11.8 Å². The Hall–Kier alpha value is -1.84. The van der Waals surface area contributed by atoms with E-state index in [9.17, 15) is 9.90 Å². The molecule has 0 saturated heterocycles. The molecule has 0 spiro atoms. The van der Waals surface area contributed by atoms with E-state index >= 15 is 0 Å². The maximum atomic E-state index is 11.0. The van der Waals surface area contributed by atoms with Crippen molar-refractivity contribution in [3.8, 4) is 5.75 Å². The predicted octanol–water partition coefficient (Wildman–Crippen LogP) is 1.67. The number of aromatic nitrogens is 1. The van der Waals surface area contributed by atoms with Gasteiger partial charge in [-0.3, -0.25) is 0 Å². The van der Waals surface area contributed by atoms with Gasteiger partial charge in [-0.2, -0.15) is 0 Å². The Bertz CT molecular complexity index is 385. The number of hydrogen-bond acceptors (Lipinski definition) is 4. The van der Waals surface area contributed by atoms with Gasteiger partial charge in [-0.25, -0.2) is 9.78 Å². The zero-order valence-electron chi connectivity index (χ0n) is 8.73. The summed E-state index contributed by atoms with van der Waals surface area (Å²) in [6.07, 6.45) is 2.67. The van der Waals surface area contributed by atoms with Gasteiger partial charge >= 0.3 is 5.97 Å². The van der Waals surface area contributed by atoms with Gasteiger partial charge in [-0.15, -0.1) is 0 Å². The molecule has 4 nitrogen and oxygen atoms in total. The topological polar surface area (TPSA) is 59.4 Å². The summed E-state index contributed by atoms with van der Waals surface area (Å²) >= 11 is 0. The van der Waals surface area contributed by atoms with Crippen LogP contribution in [0, 0.1) is 6.92 Å². The Morgan fingerprint density at radius 1 is 1.60 bits per heavy atom. The first-order valence-corrected chi connectivity index (χ1v) is 4.65. The minimum Gasteiger partial charge on any atom is -0.506 e. The highest BCUT2D eigenvalue weighted by Crippen LogP contribution is 2.15. The van der Waals surface area contributed by atoms with Crippen LogP contribution in [0.15, 0.2) is 18.2 Å². The van der Waals surface area contributed by atoms with Crippen molar-refractivity contribution in [1.82, 2.24) is 4.98 Å². The van der Waals surface area contributed by atoms with E-state index < -0.39 is 5.97 Å². The first-order chi connectivity index (χ1) is 7.13. The van der Waals surface area contributed by atoms with Crippen molar-refractivity contribution >= 4 is 12.0 Å². The molecule has 1 aromatic heterocycles. The van der Waals surface area contributed by atoms with E-state index in [1.807, 2.05) is 0 Å². The molecule has 4 heteroatoms. The summed E-state index contributed by atoms with van der Waals surface area (Å²) in [5.41, 5.74) is 1.14. The monoisotopic (exact) mass is 207 g/mol. The number of ether oxygens (including phenoxy) is 1. The van der Waals surface area contributed by atoms with Gasteiger partial charge < -0.3 is 9.84 Å². The quantitative estimate of drug-likeness (QED) is 0.605. The maximum Gasteiger partial charge on any atom is 0.330 e. The van der Waals surface area contributed by atoms with Crippen molar-refractivity contribution in [1.29, 1.82) is 0 Å². The number of rotatable bonds is 3. The van der Waals surface area contributed by atoms with Gasteiger partial charge in [0.2, 0.25) is 0 Å². The molecule has 0 aliphatic rings. The third-order valence-electron chi connectivity index (χ3n) is 1.71. The van der Waals surface area contributed by atoms with Gasteiger partial charge in [0.05, 0.1) is 6.61 Å². The largest absolute Gasteiger partial charge is 0.506 e. The molecule has 0 aliphatic heterocycles. The normalized spacial score (nSPS) is 10.5. The van der Waals surface area contributed by atoms with Gasteiger partial charge in [-0.05, 0) is 32.1 Å². The average molecular weight is 207 g/mol. The molecule has 15 heavy (non-hydrogen) atoms. The highest BCUT2D eigenvalue weighted by Gasteiger charge is 2.00. The number of esters is 1. The fourth-order valence-corrected chi connectivity index (χ4v) is 1.03. The van der Waals surface area contributed by atoms with Gasteiger partial charge in [0.25, 0.3) is 0 Å². The van der Waals surface area contributed by atoms with Crippen LogP contribution >= 0.6 is 0 Å². The highest BCUT2D eigenvalue weighted by molar-refractivity contribution is 5.87. The Labute approximate surface area is 88.2 Å². The van der Waals surface area contributed by atoms with Crippen molar-refractivity contribution < 1.29 is 14.6 Å². The van der Waals surface area contributed by atoms with E-state index in [0.717, 1.165) is 5.69 Å². The molecule has 80 valence electrons. The summed E-state index contributed by atoms with van der Waals surface area (Å²) in [5, 5.41) is 9.41. The smallest absolute Gasteiger partial charge is 0.330 e. The van der Waals surface area contributed by atoms with Crippen molar-refractivity contribution in [2.75, 3.05) is 6.61 Å². The van der Waals surface area contributed by atoms with Gasteiger partial charge in [0.15, 0.2) is 0 Å². The number of nitrogens with zero attached hydrogens (tertiary/aromatic N) is 1. The Morgan fingerprint density at radius 3 is 3.00 bits per heavy atom. The highest BCUT2D eigenvalue weighted by atomic mass is 16.5. The molecule has 0 radical (unpaired) electrons. The van der Waals surface area contributed by atoms with Crippen molar-refractivity contribution in [3.05, 3.63) is 29.6 Å². The third-order valence-corrected chi connectivity index (χ3v) is 1.71. The molecule has 1 N–H and O–H groups in total. The number of carbonyl (C=O) groups excluding carboxylic acids is 1. The van der Waals surface area contributed by atoms with Crippen molar-refractivity contribution in [3.63, 3.8) is 0 Å². The standard InChI is InChI=1S/C11H13NO3/c1-3-15-11(14)7-5-9-10(13)6-4-8(2)12-9/h4-7,13H,3H2,1-2H3/b7-5+. The second-order valence-electron chi connectivity index (χ2n) is 2.94. The van der Waals surface area contributed by atoms with Crippen LogP contribution in [-0.2, 0) is 9.53 Å². The zero-order valence-corrected chi connectivity index (χ0v) is 8.73. The van der Waals surface area contributed by atoms with Gasteiger partial charge in [-0.1, -0.05) is 0 Å². The predicted molar refractivity (Wildman–Crippen MR) is 56.3 cm³/mol. The van der Waals surface area contributed by atoms with E-state index in [1.54, 1.807) is 19.9 Å². The Morgan fingerprint density at radius 2 is 2.33 bits per heavy atom. The number of hydrogen-bond donors (Lipinski definition) is 1. The molecular weight excluding hydrogens is 194 g/mol. The fourth-order valence-electron chi connectivity index (χ4n) is 1.03. The molecule has 1 rings (SSSR count). The molecule has 0 atom stereocenters. The van der Waals surface area contributed by atoms with Crippen LogP contribution in [0.5, 0.6) is 5.75 Å². The number of pyridine rings is 1. The summed E-state index contributed by atoms with van der Waals surface area (Å²) in [6, 6.07) is 3.23. The first kappa shape index (κ1) is 11.2. The van der Waals surface area contributed by atoms with Crippen molar-refractivity contribution in [2.45, 2.75) is 13.8 Å². The third kappa shape index (κ3) is 3.42. The lowest BCUT2D eigenvalue weighted by molar-refractivity contribution is -0.137. The summed E-state index contributed by atoms with van der Waals surface area (Å²) in [5.74, 6) is -0.402. The summed E-state index contributed by atoms with van der Waals surface area (Å²) < 4.78 is 4.70. The van der Waals surface area contributed by atoms with Crippen LogP contribution in [0.1, 0.15) is 18.3 Å². The number of carbonyl (C=O) groups is 1. The summed E-state index contributed by atoms with van der Waals surface area (Å²) in [6.45, 7) is 3.87. The molecule has 0 bridgehead atoms. The van der Waals surface area contributed by atoms with E-state index in [0.29, 0.717) is 12.3 Å². The van der Waals surface area contributed by atoms with Crippen LogP contribution in [0.4, 0.5) is 0 Å². The van der Waals surface area contributed by atoms with Crippen LogP contribution in [0.25, 0.3) is 6.08 Å². The molecule has 0 unspecified atom stereocenters. The minimum absolute atomic E-state index is 0.0427. The molecule has 1 heterocycles. The lowest BCUT2D eigenvalue weighted by Gasteiger charge is -1.99. The second-order valence-corrected chi connectivity index (χ2v) is 2.94. The van der Waals surface area contributed by atoms with E-state index in [4.69, 9.17) is 4.74 Å². The molecular formula is C11H13NO3. The van der Waals surface area contributed by atoms with Crippen LogP contribution < -0.4 is 0 Å². The van der Waals surface area contributed by atoms with Gasteiger partial charge in [0.1, 0.15) is 11.4 Å². The van der Waals surface area contributed by atoms with Crippen molar-refractivity contribution in [2.24, 2.45) is 0 Å². The van der Waals surface area contributed by atoms with E-state index in [-0.39, 0.29) is 5.75 Å². The minimum atomic E-state index is -0.444. The first-order valence-electron chi connectivity index (χ1n) is 4.65. The Balaban J connectivity index is 2.79. The van der Waals surface area contributed by atoms with Crippen LogP contribution in [0.3, 0.4) is 0 Å². The number of aryl methyl sites for hydroxylation is 1. The molecule has 0 amide bonds. The number of aromatic hydroxyl groups is 1. The fraction of sp³-hybridized carbons (Fsp3) is 0.273. The molecule has 0 fully saturated rings. The SMILES string of the molecule is CCOC(=O)/C=C/c1nc(C)ccc1O. The summed E-state index contributed by atoms with van der Waals surface area (Å²) in [4.78, 5) is 15.1. The van der Waals surface area contributed by atoms with E-state index in [1.165, 1.54) is 18.2 Å². The lowest BCUT2D eigenvalue weighted by atomic mass is 10.2. The molecule has 0 aromatic carbocycles. The summed E-state index contributed by atoms with van der Waals surface area (Å²) in [7, 11) is 0.